The maximum atomic E-state index is 12.2. The smallest absolute Gasteiger partial charge is 0.224 e. The summed E-state index contributed by atoms with van der Waals surface area (Å²) in [6, 6.07) is 7.95. The van der Waals surface area contributed by atoms with Crippen molar-refractivity contribution in [2.24, 2.45) is 11.7 Å². The molecular weight excluding hydrogens is 304 g/mol. The highest BCUT2D eigenvalue weighted by atomic mass is 16.5. The predicted molar refractivity (Wildman–Crippen MR) is 95.7 cm³/mol. The summed E-state index contributed by atoms with van der Waals surface area (Å²) in [5.41, 5.74) is 7.88. The molecule has 1 aromatic carbocycles. The molecule has 0 spiro atoms. The van der Waals surface area contributed by atoms with Crippen LogP contribution in [0.25, 0.3) is 0 Å². The number of nitrogens with two attached hydrogens (primary N) is 1. The van der Waals surface area contributed by atoms with Crippen molar-refractivity contribution < 1.29 is 14.3 Å². The van der Waals surface area contributed by atoms with Crippen molar-refractivity contribution in [3.63, 3.8) is 0 Å². The van der Waals surface area contributed by atoms with Crippen LogP contribution in [0.3, 0.4) is 0 Å². The highest BCUT2D eigenvalue weighted by Crippen LogP contribution is 2.27. The van der Waals surface area contributed by atoms with Crippen LogP contribution in [0.15, 0.2) is 24.3 Å². The first kappa shape index (κ1) is 18.9. The summed E-state index contributed by atoms with van der Waals surface area (Å²) in [5.74, 6) is 0.359. The molecule has 24 heavy (non-hydrogen) atoms. The summed E-state index contributed by atoms with van der Waals surface area (Å²) >= 11 is 0. The maximum Gasteiger partial charge on any atom is 0.224 e. The minimum absolute atomic E-state index is 0.0424. The molecule has 3 N–H and O–H groups in total. The van der Waals surface area contributed by atoms with Gasteiger partial charge in [-0.1, -0.05) is 18.6 Å². The van der Waals surface area contributed by atoms with Crippen LogP contribution in [0, 0.1) is 5.92 Å². The molecule has 134 valence electrons. The van der Waals surface area contributed by atoms with E-state index in [1.165, 1.54) is 0 Å². The van der Waals surface area contributed by atoms with E-state index in [1.54, 1.807) is 0 Å². The summed E-state index contributed by atoms with van der Waals surface area (Å²) in [4.78, 5) is 12.2. The Hall–Kier alpha value is -1.43. The standard InChI is InChI=1S/C19H30N2O3/c1-14(2)24-10-9-23-13-15-5-3-7-17(11-15)21-19(22)12-16-6-4-8-18(16)20/h3,5,7,11,14,16,18H,4,6,8-10,12-13,20H2,1-2H3,(H,21,22)/t16-,18+/m0/s1. The average Bonchev–Trinajstić information content (AvgIpc) is 2.92. The van der Waals surface area contributed by atoms with Crippen LogP contribution in [0.5, 0.6) is 0 Å². The van der Waals surface area contributed by atoms with E-state index >= 15 is 0 Å². The first-order valence-corrected chi connectivity index (χ1v) is 8.88. The van der Waals surface area contributed by atoms with Gasteiger partial charge in [-0.15, -0.1) is 0 Å². The van der Waals surface area contributed by atoms with Crippen LogP contribution < -0.4 is 11.1 Å². The third-order valence-corrected chi connectivity index (χ3v) is 4.32. The van der Waals surface area contributed by atoms with Crippen molar-refractivity contribution in [1.82, 2.24) is 0 Å². The Morgan fingerprint density at radius 2 is 2.17 bits per heavy atom. The van der Waals surface area contributed by atoms with Gasteiger partial charge in [-0.05, 0) is 50.3 Å². The highest BCUT2D eigenvalue weighted by molar-refractivity contribution is 5.91. The van der Waals surface area contributed by atoms with Gasteiger partial charge < -0.3 is 20.5 Å². The minimum Gasteiger partial charge on any atom is -0.376 e. The maximum absolute atomic E-state index is 12.2. The van der Waals surface area contributed by atoms with E-state index in [9.17, 15) is 4.79 Å². The molecule has 2 rings (SSSR count). The number of ether oxygens (including phenoxy) is 2. The number of anilines is 1. The van der Waals surface area contributed by atoms with Crippen LogP contribution in [0.1, 0.15) is 45.1 Å². The van der Waals surface area contributed by atoms with Gasteiger partial charge in [0, 0.05) is 18.2 Å². The third kappa shape index (κ3) is 6.59. The Balaban J connectivity index is 1.74. The van der Waals surface area contributed by atoms with E-state index in [4.69, 9.17) is 15.2 Å². The van der Waals surface area contributed by atoms with E-state index in [0.717, 1.165) is 30.5 Å². The largest absolute Gasteiger partial charge is 0.376 e. The van der Waals surface area contributed by atoms with Crippen molar-refractivity contribution in [3.8, 4) is 0 Å². The number of carbonyl (C=O) groups excluding carboxylic acids is 1. The predicted octanol–water partition coefficient (Wildman–Crippen LogP) is 3.08. The van der Waals surface area contributed by atoms with Gasteiger partial charge in [-0.2, -0.15) is 0 Å². The van der Waals surface area contributed by atoms with Crippen molar-refractivity contribution in [1.29, 1.82) is 0 Å². The Kier molecular flexibility index (Phi) is 7.69. The normalized spacial score (nSPS) is 20.5. The first-order valence-electron chi connectivity index (χ1n) is 8.88. The van der Waals surface area contributed by atoms with Gasteiger partial charge in [0.2, 0.25) is 5.91 Å². The Bertz CT molecular complexity index is 519. The number of rotatable bonds is 9. The van der Waals surface area contributed by atoms with Crippen LogP contribution in [-0.2, 0) is 20.9 Å². The van der Waals surface area contributed by atoms with Gasteiger partial charge in [-0.3, -0.25) is 4.79 Å². The van der Waals surface area contributed by atoms with Crippen molar-refractivity contribution in [3.05, 3.63) is 29.8 Å². The molecule has 1 amide bonds. The molecule has 0 unspecified atom stereocenters. The molecule has 5 heteroatoms. The Morgan fingerprint density at radius 3 is 2.88 bits per heavy atom. The van der Waals surface area contributed by atoms with E-state index in [0.29, 0.717) is 32.2 Å². The van der Waals surface area contributed by atoms with Gasteiger partial charge in [0.25, 0.3) is 0 Å². The minimum atomic E-state index is 0.0424. The second-order valence-electron chi connectivity index (χ2n) is 6.78. The fourth-order valence-corrected chi connectivity index (χ4v) is 3.04. The number of hydrogen-bond donors (Lipinski definition) is 2. The second kappa shape index (κ2) is 9.77. The molecule has 1 aromatic rings. The quantitative estimate of drug-likeness (QED) is 0.681. The molecule has 1 aliphatic rings. The van der Waals surface area contributed by atoms with Crippen molar-refractivity contribution in [2.45, 2.75) is 58.3 Å². The summed E-state index contributed by atoms with van der Waals surface area (Å²) in [7, 11) is 0. The molecule has 5 nitrogen and oxygen atoms in total. The van der Waals surface area contributed by atoms with E-state index in [2.05, 4.69) is 5.32 Å². The molecular formula is C19H30N2O3. The molecule has 0 saturated heterocycles. The summed E-state index contributed by atoms with van der Waals surface area (Å²) in [6.07, 6.45) is 3.95. The fraction of sp³-hybridized carbons (Fsp3) is 0.632. The summed E-state index contributed by atoms with van der Waals surface area (Å²) < 4.78 is 11.0. The zero-order valence-electron chi connectivity index (χ0n) is 14.8. The SMILES string of the molecule is CC(C)OCCOCc1cccc(NC(=O)C[C@@H]2CCC[C@H]2N)c1. The molecule has 1 saturated carbocycles. The second-order valence-corrected chi connectivity index (χ2v) is 6.78. The molecule has 0 aliphatic heterocycles. The topological polar surface area (TPSA) is 73.6 Å². The van der Waals surface area contributed by atoms with Crippen LogP contribution in [-0.4, -0.2) is 31.3 Å². The molecule has 0 heterocycles. The fourth-order valence-electron chi connectivity index (χ4n) is 3.04. The molecule has 1 aliphatic carbocycles. The lowest BCUT2D eigenvalue weighted by atomic mass is 10.00. The number of carbonyl (C=O) groups is 1. The van der Waals surface area contributed by atoms with Gasteiger partial charge >= 0.3 is 0 Å². The van der Waals surface area contributed by atoms with Crippen molar-refractivity contribution in [2.75, 3.05) is 18.5 Å². The molecule has 2 atom stereocenters. The van der Waals surface area contributed by atoms with Crippen molar-refractivity contribution >= 4 is 11.6 Å². The van der Waals surface area contributed by atoms with E-state index in [-0.39, 0.29) is 18.1 Å². The molecule has 0 aromatic heterocycles. The third-order valence-electron chi connectivity index (χ3n) is 4.32. The summed E-state index contributed by atoms with van der Waals surface area (Å²) in [5, 5.41) is 2.97. The Labute approximate surface area is 144 Å². The number of hydrogen-bond acceptors (Lipinski definition) is 4. The zero-order valence-corrected chi connectivity index (χ0v) is 14.8. The van der Waals surface area contributed by atoms with Gasteiger partial charge in [0.05, 0.1) is 25.9 Å². The van der Waals surface area contributed by atoms with Gasteiger partial charge in [0.1, 0.15) is 0 Å². The zero-order chi connectivity index (χ0) is 17.4. The van der Waals surface area contributed by atoms with Gasteiger partial charge in [0.15, 0.2) is 0 Å². The molecule has 0 radical (unpaired) electrons. The van der Waals surface area contributed by atoms with Crippen LogP contribution in [0.2, 0.25) is 0 Å². The summed E-state index contributed by atoms with van der Waals surface area (Å²) in [6.45, 7) is 5.68. The average molecular weight is 334 g/mol. The molecule has 1 fully saturated rings. The number of amides is 1. The monoisotopic (exact) mass is 334 g/mol. The van der Waals surface area contributed by atoms with E-state index in [1.807, 2.05) is 38.1 Å². The lowest BCUT2D eigenvalue weighted by molar-refractivity contribution is -0.117. The first-order chi connectivity index (χ1) is 11.5. The van der Waals surface area contributed by atoms with Crippen LogP contribution >= 0.6 is 0 Å². The lowest BCUT2D eigenvalue weighted by Gasteiger charge is -2.15. The van der Waals surface area contributed by atoms with Crippen LogP contribution in [0.4, 0.5) is 5.69 Å². The van der Waals surface area contributed by atoms with E-state index < -0.39 is 0 Å². The number of nitrogens with one attached hydrogen (secondary N) is 1. The highest BCUT2D eigenvalue weighted by Gasteiger charge is 2.25. The van der Waals surface area contributed by atoms with Gasteiger partial charge in [-0.25, -0.2) is 0 Å². The molecule has 0 bridgehead atoms. The number of benzene rings is 1. The lowest BCUT2D eigenvalue weighted by Crippen LogP contribution is -2.28. The Morgan fingerprint density at radius 1 is 1.33 bits per heavy atom.